The number of rotatable bonds is 6. The molecule has 0 atom stereocenters. The molecule has 0 spiro atoms. The van der Waals surface area contributed by atoms with Crippen molar-refractivity contribution < 1.29 is 9.18 Å². The molecule has 148 valence electrons. The van der Waals surface area contributed by atoms with Gasteiger partial charge in [-0.2, -0.15) is 5.10 Å². The number of nitrogens with one attached hydrogen (secondary N) is 1. The number of nitrogens with zero attached hydrogens (tertiary/aromatic N) is 3. The number of hydrogen-bond donors (Lipinski definition) is 1. The molecule has 1 N–H and O–H groups in total. The normalized spacial score (nSPS) is 15.8. The highest BCUT2D eigenvalue weighted by Crippen LogP contribution is 2.16. The maximum Gasteiger partial charge on any atom is 0.254 e. The molecule has 0 unspecified atom stereocenters. The van der Waals surface area contributed by atoms with Crippen LogP contribution in [0.4, 0.5) is 4.39 Å². The zero-order valence-corrected chi connectivity index (χ0v) is 16.6. The first-order valence-electron chi connectivity index (χ1n) is 9.27. The molecule has 0 radical (unpaired) electrons. The first-order valence-corrected chi connectivity index (χ1v) is 9.65. The van der Waals surface area contributed by atoms with Crippen LogP contribution in [0.3, 0.4) is 0 Å². The van der Waals surface area contributed by atoms with Gasteiger partial charge in [0, 0.05) is 38.3 Å². The SMILES string of the molecule is Cc1ccc(CN2CCN(CC(=O)N/N=C\c3c(F)cccc3Cl)CC2)cc1. The van der Waals surface area contributed by atoms with E-state index in [0.29, 0.717) is 0 Å². The minimum Gasteiger partial charge on any atom is -0.297 e. The number of piperazine rings is 1. The molecule has 1 saturated heterocycles. The van der Waals surface area contributed by atoms with Gasteiger partial charge in [0.15, 0.2) is 0 Å². The Morgan fingerprint density at radius 3 is 2.50 bits per heavy atom. The van der Waals surface area contributed by atoms with E-state index < -0.39 is 5.82 Å². The van der Waals surface area contributed by atoms with Crippen LogP contribution in [0.2, 0.25) is 5.02 Å². The van der Waals surface area contributed by atoms with E-state index in [1.54, 1.807) is 6.07 Å². The molecule has 2 aromatic rings. The quantitative estimate of drug-likeness (QED) is 0.596. The number of hydrogen-bond acceptors (Lipinski definition) is 4. The van der Waals surface area contributed by atoms with Crippen molar-refractivity contribution in [2.45, 2.75) is 13.5 Å². The van der Waals surface area contributed by atoms with Gasteiger partial charge in [0.05, 0.1) is 17.8 Å². The Morgan fingerprint density at radius 2 is 1.82 bits per heavy atom. The average Bonchev–Trinajstić information content (AvgIpc) is 2.67. The van der Waals surface area contributed by atoms with Crippen molar-refractivity contribution in [2.75, 3.05) is 32.7 Å². The zero-order chi connectivity index (χ0) is 19.9. The van der Waals surface area contributed by atoms with Crippen molar-refractivity contribution in [3.05, 3.63) is 70.0 Å². The van der Waals surface area contributed by atoms with Crippen LogP contribution < -0.4 is 5.43 Å². The van der Waals surface area contributed by atoms with Gasteiger partial charge >= 0.3 is 0 Å². The second-order valence-electron chi connectivity index (χ2n) is 6.97. The van der Waals surface area contributed by atoms with Crippen molar-refractivity contribution in [1.29, 1.82) is 0 Å². The third-order valence-corrected chi connectivity index (χ3v) is 5.07. The molecule has 0 saturated carbocycles. The summed E-state index contributed by atoms with van der Waals surface area (Å²) in [5.74, 6) is -0.703. The molecular weight excluding hydrogens is 379 g/mol. The Hall–Kier alpha value is -2.28. The lowest BCUT2D eigenvalue weighted by molar-refractivity contribution is -0.122. The van der Waals surface area contributed by atoms with Gasteiger partial charge in [-0.05, 0) is 24.6 Å². The maximum absolute atomic E-state index is 13.7. The molecule has 1 amide bonds. The summed E-state index contributed by atoms with van der Waals surface area (Å²) in [6.45, 7) is 6.74. The van der Waals surface area contributed by atoms with Crippen LogP contribution in [0, 0.1) is 12.7 Å². The number of benzene rings is 2. The molecule has 28 heavy (non-hydrogen) atoms. The van der Waals surface area contributed by atoms with Gasteiger partial charge in [-0.25, -0.2) is 9.82 Å². The minimum absolute atomic E-state index is 0.161. The highest BCUT2D eigenvalue weighted by molar-refractivity contribution is 6.33. The number of halogens is 2. The third kappa shape index (κ3) is 5.86. The van der Waals surface area contributed by atoms with E-state index in [-0.39, 0.29) is 23.0 Å². The van der Waals surface area contributed by atoms with Gasteiger partial charge in [0.2, 0.25) is 0 Å². The fraction of sp³-hybridized carbons (Fsp3) is 0.333. The van der Waals surface area contributed by atoms with Crippen LogP contribution in [-0.2, 0) is 11.3 Å². The first-order chi connectivity index (χ1) is 13.5. The first kappa shape index (κ1) is 20.5. The highest BCUT2D eigenvalue weighted by atomic mass is 35.5. The largest absolute Gasteiger partial charge is 0.297 e. The van der Waals surface area contributed by atoms with Crippen molar-refractivity contribution in [3.8, 4) is 0 Å². The molecule has 5 nitrogen and oxygen atoms in total. The van der Waals surface area contributed by atoms with E-state index >= 15 is 0 Å². The van der Waals surface area contributed by atoms with Crippen molar-refractivity contribution in [2.24, 2.45) is 5.10 Å². The molecule has 7 heteroatoms. The number of hydrazone groups is 1. The molecule has 0 aromatic heterocycles. The Bertz CT molecular complexity index is 813. The van der Waals surface area contributed by atoms with Crippen LogP contribution in [0.1, 0.15) is 16.7 Å². The van der Waals surface area contributed by atoms with E-state index in [9.17, 15) is 9.18 Å². The maximum atomic E-state index is 13.7. The summed E-state index contributed by atoms with van der Waals surface area (Å²) in [6.07, 6.45) is 1.23. The van der Waals surface area contributed by atoms with E-state index in [1.165, 1.54) is 29.5 Å². The van der Waals surface area contributed by atoms with Crippen molar-refractivity contribution in [3.63, 3.8) is 0 Å². The van der Waals surface area contributed by atoms with E-state index in [0.717, 1.165) is 32.7 Å². The molecule has 0 aliphatic carbocycles. The third-order valence-electron chi connectivity index (χ3n) is 4.74. The molecule has 2 aromatic carbocycles. The van der Waals surface area contributed by atoms with Crippen LogP contribution in [0.15, 0.2) is 47.6 Å². The Morgan fingerprint density at radius 1 is 1.14 bits per heavy atom. The molecule has 1 aliphatic heterocycles. The van der Waals surface area contributed by atoms with Crippen LogP contribution in [-0.4, -0.2) is 54.6 Å². The van der Waals surface area contributed by atoms with Crippen LogP contribution in [0.25, 0.3) is 0 Å². The molecular formula is C21H24ClFN4O. The van der Waals surface area contributed by atoms with Crippen molar-refractivity contribution >= 4 is 23.7 Å². The smallest absolute Gasteiger partial charge is 0.254 e. The zero-order valence-electron chi connectivity index (χ0n) is 15.9. The number of amides is 1. The summed E-state index contributed by atoms with van der Waals surface area (Å²) in [4.78, 5) is 16.5. The van der Waals surface area contributed by atoms with Gasteiger partial charge in [-0.1, -0.05) is 47.5 Å². The summed E-state index contributed by atoms with van der Waals surface area (Å²) in [5.41, 5.74) is 5.17. The topological polar surface area (TPSA) is 47.9 Å². The minimum atomic E-state index is -0.477. The molecule has 0 bridgehead atoms. The second kappa shape index (κ2) is 9.78. The lowest BCUT2D eigenvalue weighted by atomic mass is 10.1. The summed E-state index contributed by atoms with van der Waals surface area (Å²) < 4.78 is 13.7. The summed E-state index contributed by atoms with van der Waals surface area (Å²) in [6, 6.07) is 13.0. The monoisotopic (exact) mass is 402 g/mol. The number of carbonyl (C=O) groups is 1. The average molecular weight is 403 g/mol. The van der Waals surface area contributed by atoms with Crippen LogP contribution >= 0.6 is 11.6 Å². The lowest BCUT2D eigenvalue weighted by Gasteiger charge is -2.34. The van der Waals surface area contributed by atoms with E-state index in [4.69, 9.17) is 11.6 Å². The Labute approximate surface area is 169 Å². The second-order valence-corrected chi connectivity index (χ2v) is 7.37. The predicted octanol–water partition coefficient (Wildman–Crippen LogP) is 3.06. The number of carbonyl (C=O) groups excluding carboxylic acids is 1. The predicted molar refractivity (Wildman–Crippen MR) is 110 cm³/mol. The Balaban J connectivity index is 1.41. The van der Waals surface area contributed by atoms with Gasteiger partial charge in [0.1, 0.15) is 5.82 Å². The van der Waals surface area contributed by atoms with Crippen LogP contribution in [0.5, 0.6) is 0 Å². The summed E-state index contributed by atoms with van der Waals surface area (Å²) >= 11 is 5.92. The molecule has 3 rings (SSSR count). The Kier molecular flexibility index (Phi) is 7.14. The van der Waals surface area contributed by atoms with Crippen molar-refractivity contribution in [1.82, 2.24) is 15.2 Å². The standard InChI is InChI=1S/C21H24ClFN4O/c1-16-5-7-17(8-6-16)14-26-9-11-27(12-10-26)15-21(28)25-24-13-18-19(22)3-2-4-20(18)23/h2-8,13H,9-12,14-15H2,1H3,(H,25,28)/b24-13-. The van der Waals surface area contributed by atoms with Gasteiger partial charge in [0.25, 0.3) is 5.91 Å². The fourth-order valence-electron chi connectivity index (χ4n) is 3.10. The van der Waals surface area contributed by atoms with Gasteiger partial charge in [-0.3, -0.25) is 14.6 Å². The van der Waals surface area contributed by atoms with Gasteiger partial charge in [-0.15, -0.1) is 0 Å². The van der Waals surface area contributed by atoms with E-state index in [2.05, 4.69) is 51.5 Å². The lowest BCUT2D eigenvalue weighted by Crippen LogP contribution is -2.48. The molecule has 1 aliphatic rings. The highest BCUT2D eigenvalue weighted by Gasteiger charge is 2.18. The fourth-order valence-corrected chi connectivity index (χ4v) is 3.31. The van der Waals surface area contributed by atoms with Gasteiger partial charge < -0.3 is 0 Å². The molecule has 1 heterocycles. The van der Waals surface area contributed by atoms with E-state index in [1.807, 2.05) is 0 Å². The number of aryl methyl sites for hydroxylation is 1. The molecule has 1 fully saturated rings. The summed E-state index contributed by atoms with van der Waals surface area (Å²) in [5, 5.41) is 4.07. The summed E-state index contributed by atoms with van der Waals surface area (Å²) in [7, 11) is 0.